The highest BCUT2D eigenvalue weighted by molar-refractivity contribution is 7.84. The molecule has 1 atom stereocenters. The first-order valence-corrected chi connectivity index (χ1v) is 7.89. The molecule has 0 aliphatic heterocycles. The fourth-order valence-corrected chi connectivity index (χ4v) is 2.31. The first-order chi connectivity index (χ1) is 9.56. The third-order valence-electron chi connectivity index (χ3n) is 3.02. The number of aryl methyl sites for hydroxylation is 1. The van der Waals surface area contributed by atoms with Crippen LogP contribution in [0, 0.1) is 6.92 Å². The molecule has 0 saturated heterocycles. The van der Waals surface area contributed by atoms with Crippen LogP contribution in [0.2, 0.25) is 0 Å². The molecule has 104 valence electrons. The Balaban J connectivity index is 1.97. The maximum atomic E-state index is 12.0. The Morgan fingerprint density at radius 1 is 1.05 bits per heavy atom. The highest BCUT2D eigenvalue weighted by Crippen LogP contribution is 2.08. The Labute approximate surface area is 121 Å². The van der Waals surface area contributed by atoms with E-state index in [-0.39, 0.29) is 5.91 Å². The van der Waals surface area contributed by atoms with Crippen LogP contribution in [0.5, 0.6) is 0 Å². The van der Waals surface area contributed by atoms with Gasteiger partial charge in [0.25, 0.3) is 5.91 Å². The molecule has 0 radical (unpaired) electrons. The van der Waals surface area contributed by atoms with Crippen molar-refractivity contribution in [2.45, 2.75) is 18.4 Å². The lowest BCUT2D eigenvalue weighted by Gasteiger charge is -2.06. The highest BCUT2D eigenvalue weighted by Gasteiger charge is 2.06. The lowest BCUT2D eigenvalue weighted by molar-refractivity contribution is 0.0951. The molecule has 0 heterocycles. The molecule has 0 fully saturated rings. The molecule has 3 nitrogen and oxygen atoms in total. The zero-order valence-corrected chi connectivity index (χ0v) is 12.4. The minimum Gasteiger partial charge on any atom is -0.348 e. The average Bonchev–Trinajstić information content (AvgIpc) is 2.46. The van der Waals surface area contributed by atoms with Crippen LogP contribution in [0.4, 0.5) is 0 Å². The number of benzene rings is 2. The van der Waals surface area contributed by atoms with Crippen LogP contribution in [0.15, 0.2) is 53.4 Å². The Morgan fingerprint density at radius 3 is 2.20 bits per heavy atom. The molecule has 1 amide bonds. The summed E-state index contributed by atoms with van der Waals surface area (Å²) >= 11 is 0. The molecular weight excluding hydrogens is 270 g/mol. The van der Waals surface area contributed by atoms with Crippen molar-refractivity contribution in [1.82, 2.24) is 5.32 Å². The molecule has 0 saturated carbocycles. The number of nitrogens with one attached hydrogen (secondary N) is 1. The fraction of sp³-hybridized carbons (Fsp3) is 0.188. The number of carbonyl (C=O) groups is 1. The van der Waals surface area contributed by atoms with Crippen molar-refractivity contribution in [2.24, 2.45) is 0 Å². The highest BCUT2D eigenvalue weighted by atomic mass is 32.2. The summed E-state index contributed by atoms with van der Waals surface area (Å²) in [5, 5.41) is 2.87. The molecule has 0 aliphatic rings. The van der Waals surface area contributed by atoms with Crippen molar-refractivity contribution in [1.29, 1.82) is 0 Å². The van der Waals surface area contributed by atoms with Gasteiger partial charge in [-0.25, -0.2) is 0 Å². The Morgan fingerprint density at radius 2 is 1.65 bits per heavy atom. The molecule has 2 aromatic rings. The minimum atomic E-state index is -1.02. The second kappa shape index (κ2) is 6.48. The quantitative estimate of drug-likeness (QED) is 0.939. The van der Waals surface area contributed by atoms with E-state index < -0.39 is 10.8 Å². The third-order valence-corrected chi connectivity index (χ3v) is 3.96. The van der Waals surface area contributed by atoms with E-state index in [0.29, 0.717) is 12.1 Å². The lowest BCUT2D eigenvalue weighted by Crippen LogP contribution is -2.22. The number of hydrogen-bond acceptors (Lipinski definition) is 2. The maximum absolute atomic E-state index is 12.0. The first kappa shape index (κ1) is 14.5. The molecule has 1 unspecified atom stereocenters. The molecule has 0 spiro atoms. The summed E-state index contributed by atoms with van der Waals surface area (Å²) in [4.78, 5) is 12.7. The monoisotopic (exact) mass is 287 g/mol. The van der Waals surface area contributed by atoms with Crippen LogP contribution in [-0.4, -0.2) is 16.4 Å². The largest absolute Gasteiger partial charge is 0.348 e. The van der Waals surface area contributed by atoms with Crippen molar-refractivity contribution >= 4 is 16.7 Å². The van der Waals surface area contributed by atoms with Gasteiger partial charge in [-0.1, -0.05) is 29.8 Å². The van der Waals surface area contributed by atoms with Gasteiger partial charge in [-0.2, -0.15) is 0 Å². The lowest BCUT2D eigenvalue weighted by atomic mass is 10.1. The standard InChI is InChI=1S/C16H17NO2S/c1-12-3-5-13(6-4-12)11-17-16(18)14-7-9-15(10-8-14)20(2)19/h3-10H,11H2,1-2H3,(H,17,18). The van der Waals surface area contributed by atoms with Crippen LogP contribution < -0.4 is 5.32 Å². The van der Waals surface area contributed by atoms with Crippen LogP contribution in [-0.2, 0) is 17.3 Å². The summed E-state index contributed by atoms with van der Waals surface area (Å²) in [7, 11) is -1.02. The van der Waals surface area contributed by atoms with Crippen molar-refractivity contribution in [3.63, 3.8) is 0 Å². The van der Waals surface area contributed by atoms with Crippen LogP contribution in [0.25, 0.3) is 0 Å². The van der Waals surface area contributed by atoms with E-state index in [9.17, 15) is 9.00 Å². The molecule has 4 heteroatoms. The van der Waals surface area contributed by atoms with Gasteiger partial charge in [0.2, 0.25) is 0 Å². The van der Waals surface area contributed by atoms with E-state index in [4.69, 9.17) is 0 Å². The predicted molar refractivity (Wildman–Crippen MR) is 81.1 cm³/mol. The molecule has 0 aliphatic carbocycles. The van der Waals surface area contributed by atoms with Crippen molar-refractivity contribution in [3.05, 3.63) is 65.2 Å². The average molecular weight is 287 g/mol. The van der Waals surface area contributed by atoms with Crippen molar-refractivity contribution < 1.29 is 9.00 Å². The van der Waals surface area contributed by atoms with Gasteiger partial charge in [0.05, 0.1) is 0 Å². The topological polar surface area (TPSA) is 46.2 Å². The van der Waals surface area contributed by atoms with Gasteiger partial charge >= 0.3 is 0 Å². The number of carbonyl (C=O) groups excluding carboxylic acids is 1. The van der Waals surface area contributed by atoms with E-state index in [1.54, 1.807) is 30.5 Å². The molecular formula is C16H17NO2S. The summed E-state index contributed by atoms with van der Waals surface area (Å²) in [6.07, 6.45) is 1.62. The molecule has 2 rings (SSSR count). The van der Waals surface area contributed by atoms with Gasteiger partial charge in [-0.15, -0.1) is 0 Å². The number of amides is 1. The maximum Gasteiger partial charge on any atom is 0.251 e. The molecule has 1 N–H and O–H groups in total. The zero-order valence-electron chi connectivity index (χ0n) is 11.6. The SMILES string of the molecule is Cc1ccc(CNC(=O)c2ccc(S(C)=O)cc2)cc1. The molecule has 20 heavy (non-hydrogen) atoms. The summed E-state index contributed by atoms with van der Waals surface area (Å²) in [5.74, 6) is -0.126. The van der Waals surface area contributed by atoms with Crippen molar-refractivity contribution in [2.75, 3.05) is 6.26 Å². The predicted octanol–water partition coefficient (Wildman–Crippen LogP) is 2.66. The van der Waals surface area contributed by atoms with E-state index in [1.165, 1.54) is 5.56 Å². The van der Waals surface area contributed by atoms with Gasteiger partial charge in [0.1, 0.15) is 0 Å². The van der Waals surface area contributed by atoms with Gasteiger partial charge in [-0.05, 0) is 36.8 Å². The number of rotatable bonds is 4. The summed E-state index contributed by atoms with van der Waals surface area (Å²) in [6.45, 7) is 2.53. The van der Waals surface area contributed by atoms with E-state index in [2.05, 4.69) is 5.32 Å². The van der Waals surface area contributed by atoms with Crippen LogP contribution >= 0.6 is 0 Å². The fourth-order valence-electron chi connectivity index (χ4n) is 1.79. The van der Waals surface area contributed by atoms with Gasteiger partial charge in [-0.3, -0.25) is 9.00 Å². The normalized spacial score (nSPS) is 11.9. The second-order valence-electron chi connectivity index (χ2n) is 4.65. The Bertz CT molecular complexity index is 618. The Hall–Kier alpha value is -1.94. The van der Waals surface area contributed by atoms with E-state index in [1.807, 2.05) is 31.2 Å². The Kier molecular flexibility index (Phi) is 4.69. The molecule has 2 aromatic carbocycles. The first-order valence-electron chi connectivity index (χ1n) is 6.33. The number of hydrogen-bond donors (Lipinski definition) is 1. The van der Waals surface area contributed by atoms with Crippen molar-refractivity contribution in [3.8, 4) is 0 Å². The minimum absolute atomic E-state index is 0.126. The van der Waals surface area contributed by atoms with Gasteiger partial charge < -0.3 is 5.32 Å². The van der Waals surface area contributed by atoms with Gasteiger partial charge in [0.15, 0.2) is 0 Å². The second-order valence-corrected chi connectivity index (χ2v) is 6.03. The van der Waals surface area contributed by atoms with Crippen LogP contribution in [0.3, 0.4) is 0 Å². The van der Waals surface area contributed by atoms with Gasteiger partial charge in [0, 0.05) is 34.1 Å². The third kappa shape index (κ3) is 3.78. The van der Waals surface area contributed by atoms with Crippen LogP contribution in [0.1, 0.15) is 21.5 Å². The van der Waals surface area contributed by atoms with E-state index >= 15 is 0 Å². The smallest absolute Gasteiger partial charge is 0.251 e. The van der Waals surface area contributed by atoms with E-state index in [0.717, 1.165) is 10.5 Å². The summed E-state index contributed by atoms with van der Waals surface area (Å²) in [5.41, 5.74) is 2.84. The summed E-state index contributed by atoms with van der Waals surface area (Å²) < 4.78 is 11.3. The molecule has 0 bridgehead atoms. The summed E-state index contributed by atoms with van der Waals surface area (Å²) in [6, 6.07) is 14.9. The molecule has 0 aromatic heterocycles. The zero-order chi connectivity index (χ0) is 14.5.